The van der Waals surface area contributed by atoms with Crippen LogP contribution in [-0.2, 0) is 4.79 Å². The molecule has 0 amide bonds. The number of carboxylic acid groups (broad SMARTS) is 1. The third-order valence-electron chi connectivity index (χ3n) is 7.64. The average molecular weight is 441 g/mol. The second-order valence-electron chi connectivity index (χ2n) is 9.61. The van der Waals surface area contributed by atoms with Gasteiger partial charge in [0.15, 0.2) is 0 Å². The summed E-state index contributed by atoms with van der Waals surface area (Å²) in [5.74, 6) is 0.616. The van der Waals surface area contributed by atoms with Crippen molar-refractivity contribution in [3.63, 3.8) is 0 Å². The van der Waals surface area contributed by atoms with Gasteiger partial charge in [0, 0.05) is 18.1 Å². The van der Waals surface area contributed by atoms with Crippen LogP contribution in [0.5, 0.6) is 5.75 Å². The lowest BCUT2D eigenvalue weighted by molar-refractivity contribution is -0.146. The zero-order chi connectivity index (χ0) is 22.5. The third kappa shape index (κ3) is 5.41. The molecule has 32 heavy (non-hydrogen) atoms. The molecule has 1 saturated carbocycles. The Kier molecular flexibility index (Phi) is 7.63. The lowest BCUT2D eigenvalue weighted by Gasteiger charge is -2.37. The molecular formula is C26H36N2O4. The first-order chi connectivity index (χ1) is 15.5. The zero-order valence-corrected chi connectivity index (χ0v) is 19.1. The lowest BCUT2D eigenvalue weighted by Crippen LogP contribution is -2.44. The molecule has 1 aliphatic carbocycles. The van der Waals surface area contributed by atoms with Crippen molar-refractivity contribution in [1.82, 2.24) is 9.88 Å². The molecular weight excluding hydrogens is 404 g/mol. The van der Waals surface area contributed by atoms with Gasteiger partial charge in [-0.1, -0.05) is 25.7 Å². The van der Waals surface area contributed by atoms with Crippen LogP contribution in [-0.4, -0.2) is 52.8 Å². The summed E-state index contributed by atoms with van der Waals surface area (Å²) in [4.78, 5) is 18.8. The van der Waals surface area contributed by atoms with E-state index in [0.29, 0.717) is 19.4 Å². The summed E-state index contributed by atoms with van der Waals surface area (Å²) in [6, 6.07) is 7.52. The predicted molar refractivity (Wildman–Crippen MR) is 125 cm³/mol. The number of aliphatic hydroxyl groups is 1. The number of nitrogens with zero attached hydrogens (tertiary/aromatic N) is 2. The summed E-state index contributed by atoms with van der Waals surface area (Å²) in [5, 5.41) is 21.7. The molecule has 0 spiro atoms. The molecule has 2 aromatic rings. The summed E-state index contributed by atoms with van der Waals surface area (Å²) in [7, 11) is 1.62. The van der Waals surface area contributed by atoms with Gasteiger partial charge in [-0.25, -0.2) is 0 Å². The Morgan fingerprint density at radius 2 is 2.03 bits per heavy atom. The van der Waals surface area contributed by atoms with Crippen LogP contribution in [0.1, 0.15) is 63.0 Å². The number of benzene rings is 1. The van der Waals surface area contributed by atoms with Gasteiger partial charge in [-0.2, -0.15) is 0 Å². The van der Waals surface area contributed by atoms with E-state index in [2.05, 4.69) is 9.88 Å². The molecule has 1 unspecified atom stereocenters. The number of carboxylic acids is 1. The standard InChI is InChI=1S/C26H36N2O4/c1-32-20-7-8-24-22(16-20)21(10-13-27-24)25(29)9-6-19-12-15-28(17-23(19)26(30)31)14-11-18-4-2-3-5-18/h7-8,10,13,16,18-19,23,25,29H,2-6,9,11-12,14-15,17H2,1H3,(H,30,31)/t19-,23+,25?/m1/s1. The number of aliphatic carboxylic acids is 1. The fraction of sp³-hybridized carbons (Fsp3) is 0.615. The zero-order valence-electron chi connectivity index (χ0n) is 19.1. The van der Waals surface area contributed by atoms with Gasteiger partial charge in [-0.15, -0.1) is 0 Å². The van der Waals surface area contributed by atoms with Crippen LogP contribution < -0.4 is 4.74 Å². The van der Waals surface area contributed by atoms with Crippen molar-refractivity contribution >= 4 is 16.9 Å². The number of carbonyl (C=O) groups is 1. The molecule has 0 bridgehead atoms. The maximum Gasteiger partial charge on any atom is 0.308 e. The van der Waals surface area contributed by atoms with Gasteiger partial charge in [0.25, 0.3) is 0 Å². The van der Waals surface area contributed by atoms with Crippen molar-refractivity contribution in [2.45, 2.75) is 57.5 Å². The Morgan fingerprint density at radius 3 is 2.78 bits per heavy atom. The van der Waals surface area contributed by atoms with Crippen molar-refractivity contribution in [2.75, 3.05) is 26.7 Å². The monoisotopic (exact) mass is 440 g/mol. The van der Waals surface area contributed by atoms with Gasteiger partial charge in [0.1, 0.15) is 5.75 Å². The van der Waals surface area contributed by atoms with E-state index >= 15 is 0 Å². The Hall–Kier alpha value is -2.18. The largest absolute Gasteiger partial charge is 0.497 e. The minimum absolute atomic E-state index is 0.104. The fourth-order valence-electron chi connectivity index (χ4n) is 5.65. The lowest BCUT2D eigenvalue weighted by atomic mass is 9.81. The number of hydrogen-bond acceptors (Lipinski definition) is 5. The maximum absolute atomic E-state index is 12.0. The Morgan fingerprint density at radius 1 is 1.22 bits per heavy atom. The van der Waals surface area contributed by atoms with Crippen LogP contribution in [0.15, 0.2) is 30.5 Å². The van der Waals surface area contributed by atoms with Crippen molar-refractivity contribution in [3.8, 4) is 5.75 Å². The van der Waals surface area contributed by atoms with E-state index in [1.165, 1.54) is 32.1 Å². The summed E-state index contributed by atoms with van der Waals surface area (Å²) >= 11 is 0. The molecule has 1 aliphatic heterocycles. The summed E-state index contributed by atoms with van der Waals surface area (Å²) in [6.07, 6.45) is 9.80. The van der Waals surface area contributed by atoms with Crippen molar-refractivity contribution < 1.29 is 19.7 Å². The van der Waals surface area contributed by atoms with Gasteiger partial charge in [0.2, 0.25) is 0 Å². The number of piperidine rings is 1. The highest BCUT2D eigenvalue weighted by molar-refractivity contribution is 5.83. The Bertz CT molecular complexity index is 912. The number of rotatable bonds is 9. The van der Waals surface area contributed by atoms with Crippen molar-refractivity contribution in [1.29, 1.82) is 0 Å². The topological polar surface area (TPSA) is 82.9 Å². The van der Waals surface area contributed by atoms with Crippen LogP contribution in [0.2, 0.25) is 0 Å². The smallest absolute Gasteiger partial charge is 0.308 e. The molecule has 174 valence electrons. The normalized spacial score (nSPS) is 23.4. The van der Waals surface area contributed by atoms with E-state index in [0.717, 1.165) is 47.6 Å². The first-order valence-corrected chi connectivity index (χ1v) is 12.1. The molecule has 2 heterocycles. The van der Waals surface area contributed by atoms with Crippen LogP contribution in [0.25, 0.3) is 10.9 Å². The maximum atomic E-state index is 12.0. The van der Waals surface area contributed by atoms with Crippen molar-refractivity contribution in [3.05, 3.63) is 36.0 Å². The molecule has 1 saturated heterocycles. The number of fused-ring (bicyclic) bond motifs is 1. The SMILES string of the molecule is COc1ccc2nccc(C(O)CC[C@@H]3CCN(CCC4CCCC4)C[C@@H]3C(=O)O)c2c1. The molecule has 2 N–H and O–H groups in total. The fourth-order valence-corrected chi connectivity index (χ4v) is 5.65. The first kappa shape index (κ1) is 23.0. The number of aromatic nitrogens is 1. The molecule has 6 heteroatoms. The Labute approximate surface area is 190 Å². The van der Waals surface area contributed by atoms with Gasteiger partial charge in [0.05, 0.1) is 24.6 Å². The van der Waals surface area contributed by atoms with E-state index in [9.17, 15) is 15.0 Å². The summed E-state index contributed by atoms with van der Waals surface area (Å²) in [5.41, 5.74) is 1.65. The highest BCUT2D eigenvalue weighted by atomic mass is 16.5. The van der Waals surface area contributed by atoms with Crippen LogP contribution >= 0.6 is 0 Å². The highest BCUT2D eigenvalue weighted by Gasteiger charge is 2.34. The summed E-state index contributed by atoms with van der Waals surface area (Å²) in [6.45, 7) is 2.62. The predicted octanol–water partition coefficient (Wildman–Crippen LogP) is 4.66. The van der Waals surface area contributed by atoms with E-state index in [-0.39, 0.29) is 11.8 Å². The number of hydrogen-bond donors (Lipinski definition) is 2. The molecule has 3 atom stereocenters. The van der Waals surface area contributed by atoms with Gasteiger partial charge in [-0.3, -0.25) is 9.78 Å². The van der Waals surface area contributed by atoms with E-state index in [1.807, 2.05) is 24.3 Å². The number of ether oxygens (including phenoxy) is 1. The minimum Gasteiger partial charge on any atom is -0.497 e. The highest BCUT2D eigenvalue weighted by Crippen LogP contribution is 2.34. The quantitative estimate of drug-likeness (QED) is 0.590. The minimum atomic E-state index is -0.700. The molecule has 0 radical (unpaired) electrons. The van der Waals surface area contributed by atoms with Gasteiger partial charge in [-0.05, 0) is 80.4 Å². The molecule has 6 nitrogen and oxygen atoms in total. The van der Waals surface area contributed by atoms with E-state index in [1.54, 1.807) is 13.3 Å². The molecule has 4 rings (SSSR count). The second kappa shape index (κ2) is 10.6. The van der Waals surface area contributed by atoms with E-state index in [4.69, 9.17) is 4.74 Å². The number of methoxy groups -OCH3 is 1. The molecule has 2 aliphatic rings. The Balaban J connectivity index is 1.36. The summed E-state index contributed by atoms with van der Waals surface area (Å²) < 4.78 is 5.34. The average Bonchev–Trinajstić information content (AvgIpc) is 3.34. The number of pyridine rings is 1. The van der Waals surface area contributed by atoms with Crippen molar-refractivity contribution in [2.24, 2.45) is 17.8 Å². The number of likely N-dealkylation sites (tertiary alicyclic amines) is 1. The van der Waals surface area contributed by atoms with Gasteiger partial charge >= 0.3 is 5.97 Å². The third-order valence-corrected chi connectivity index (χ3v) is 7.64. The van der Waals surface area contributed by atoms with Crippen LogP contribution in [0.4, 0.5) is 0 Å². The van der Waals surface area contributed by atoms with Crippen LogP contribution in [0, 0.1) is 17.8 Å². The van der Waals surface area contributed by atoms with Crippen LogP contribution in [0.3, 0.4) is 0 Å². The van der Waals surface area contributed by atoms with Gasteiger partial charge < -0.3 is 19.8 Å². The number of aliphatic hydroxyl groups excluding tert-OH is 1. The second-order valence-corrected chi connectivity index (χ2v) is 9.61. The molecule has 1 aromatic carbocycles. The first-order valence-electron chi connectivity index (χ1n) is 12.1. The van der Waals surface area contributed by atoms with E-state index < -0.39 is 12.1 Å². The molecule has 1 aromatic heterocycles. The molecule has 2 fully saturated rings.